The number of ether oxygens (including phenoxy) is 1. The molecule has 3 aromatic carbocycles. The first-order valence-electron chi connectivity index (χ1n) is 11.3. The van der Waals surface area contributed by atoms with Gasteiger partial charge < -0.3 is 4.74 Å². The van der Waals surface area contributed by atoms with Gasteiger partial charge in [-0.25, -0.2) is 8.78 Å². The van der Waals surface area contributed by atoms with E-state index in [1.807, 2.05) is 31.5 Å². The van der Waals surface area contributed by atoms with Gasteiger partial charge in [-0.2, -0.15) is 0 Å². The van der Waals surface area contributed by atoms with Crippen LogP contribution in [0.25, 0.3) is 0 Å². The normalized spacial score (nSPS) is 18.1. The predicted molar refractivity (Wildman–Crippen MR) is 129 cm³/mol. The Kier molecular flexibility index (Phi) is 6.51. The predicted octanol–water partition coefficient (Wildman–Crippen LogP) is 6.27. The lowest BCUT2D eigenvalue weighted by atomic mass is 9.86. The van der Waals surface area contributed by atoms with Crippen molar-refractivity contribution in [2.24, 2.45) is 4.99 Å². The highest BCUT2D eigenvalue weighted by molar-refractivity contribution is 6.07. The largest absolute Gasteiger partial charge is 0.493 e. The zero-order chi connectivity index (χ0) is 24.5. The molecule has 2 atom stereocenters. The summed E-state index contributed by atoms with van der Waals surface area (Å²) in [4.78, 5) is 18.6. The van der Waals surface area contributed by atoms with Gasteiger partial charge >= 0.3 is 6.41 Å². The maximum atomic E-state index is 13.7. The molecule has 34 heavy (non-hydrogen) atoms. The van der Waals surface area contributed by atoms with Gasteiger partial charge in [0.25, 0.3) is 0 Å². The van der Waals surface area contributed by atoms with Crippen LogP contribution in [-0.2, 0) is 10.2 Å². The van der Waals surface area contributed by atoms with Gasteiger partial charge in [0.2, 0.25) is 0 Å². The van der Waals surface area contributed by atoms with E-state index in [4.69, 9.17) is 9.73 Å². The first-order chi connectivity index (χ1) is 16.2. The number of nitrogens with zero attached hydrogens (tertiary/aromatic N) is 2. The first kappa shape index (κ1) is 23.6. The number of benzene rings is 3. The van der Waals surface area contributed by atoms with Gasteiger partial charge in [0.05, 0.1) is 18.2 Å². The van der Waals surface area contributed by atoms with Crippen LogP contribution in [0.4, 0.5) is 8.78 Å². The molecule has 3 aromatic rings. The summed E-state index contributed by atoms with van der Waals surface area (Å²) in [5.41, 5.74) is 3.09. The van der Waals surface area contributed by atoms with Gasteiger partial charge in [0.15, 0.2) is 0 Å². The number of rotatable bonds is 6. The van der Waals surface area contributed by atoms with Crippen LogP contribution in [0.5, 0.6) is 5.75 Å². The van der Waals surface area contributed by atoms with Crippen LogP contribution in [0, 0.1) is 11.6 Å². The Bertz CT molecular complexity index is 1200. The molecule has 0 N–H and O–H groups in total. The van der Waals surface area contributed by atoms with E-state index < -0.39 is 12.1 Å². The third-order valence-electron chi connectivity index (χ3n) is 5.98. The smallest absolute Gasteiger partial charge is 0.318 e. The minimum absolute atomic E-state index is 0.0916. The van der Waals surface area contributed by atoms with Crippen LogP contribution in [0.2, 0.25) is 0 Å². The minimum Gasteiger partial charge on any atom is -0.493 e. The number of hydrogen-bond donors (Lipinski definition) is 0. The molecule has 1 aliphatic heterocycles. The maximum absolute atomic E-state index is 13.7. The third kappa shape index (κ3) is 4.58. The molecule has 4 nitrogen and oxygen atoms in total. The van der Waals surface area contributed by atoms with Crippen LogP contribution in [0.15, 0.2) is 71.7 Å². The van der Waals surface area contributed by atoms with E-state index in [2.05, 4.69) is 20.8 Å². The van der Waals surface area contributed by atoms with Crippen molar-refractivity contribution >= 4 is 12.2 Å². The number of aliphatic imine (C=N–C) groups is 1. The fraction of sp³-hybridized carbons (Fsp3) is 0.286. The molecule has 1 amide bonds. The van der Waals surface area contributed by atoms with Crippen molar-refractivity contribution in [3.05, 3.63) is 101 Å². The van der Waals surface area contributed by atoms with Gasteiger partial charge in [-0.15, -0.1) is 0 Å². The average Bonchev–Trinajstić information content (AvgIpc) is 3.19. The van der Waals surface area contributed by atoms with E-state index >= 15 is 0 Å². The quantitative estimate of drug-likeness (QED) is 0.434. The summed E-state index contributed by atoms with van der Waals surface area (Å²) in [5, 5.41) is 0. The maximum Gasteiger partial charge on any atom is 0.318 e. The fourth-order valence-corrected chi connectivity index (χ4v) is 4.19. The standard InChI is InChI=1S/C28H27F2N2O2/c1-5-34-24-16-20(28(2,3)4)10-15-23(24)27-31-25(18-6-11-21(29)12-7-18)26(32(27)17-33)19-8-13-22(30)14-9-19/h6-16,25-26H,5H2,1-4H3/t25-,26+/m0/s1. The van der Waals surface area contributed by atoms with Crippen molar-refractivity contribution in [2.45, 2.75) is 45.2 Å². The fourth-order valence-electron chi connectivity index (χ4n) is 4.19. The molecule has 0 aliphatic carbocycles. The number of amides is 1. The second kappa shape index (κ2) is 9.37. The molecule has 1 heterocycles. The van der Waals surface area contributed by atoms with Gasteiger partial charge in [-0.05, 0) is 65.4 Å². The van der Waals surface area contributed by atoms with Crippen molar-refractivity contribution in [1.82, 2.24) is 4.90 Å². The summed E-state index contributed by atoms with van der Waals surface area (Å²) >= 11 is 0. The summed E-state index contributed by atoms with van der Waals surface area (Å²) in [6, 6.07) is 16.8. The average molecular weight is 462 g/mol. The summed E-state index contributed by atoms with van der Waals surface area (Å²) < 4.78 is 33.2. The summed E-state index contributed by atoms with van der Waals surface area (Å²) in [6.45, 7) is 8.69. The van der Waals surface area contributed by atoms with Gasteiger partial charge in [-0.3, -0.25) is 14.7 Å². The minimum atomic E-state index is -0.574. The number of halogens is 2. The third-order valence-corrected chi connectivity index (χ3v) is 5.98. The highest BCUT2D eigenvalue weighted by Gasteiger charge is 2.40. The van der Waals surface area contributed by atoms with E-state index in [-0.39, 0.29) is 17.0 Å². The second-order valence-electron chi connectivity index (χ2n) is 9.30. The molecule has 0 bridgehead atoms. The molecule has 0 fully saturated rings. The van der Waals surface area contributed by atoms with Gasteiger partial charge in [0, 0.05) is 0 Å². The summed E-state index contributed by atoms with van der Waals surface area (Å²) in [6.07, 6.45) is 2.03. The molecule has 1 aliphatic rings. The molecule has 1 radical (unpaired) electrons. The van der Waals surface area contributed by atoms with Crippen molar-refractivity contribution in [2.75, 3.05) is 6.61 Å². The van der Waals surface area contributed by atoms with Crippen molar-refractivity contribution in [1.29, 1.82) is 0 Å². The van der Waals surface area contributed by atoms with Gasteiger partial charge in [0.1, 0.15) is 29.3 Å². The lowest BCUT2D eigenvalue weighted by Crippen LogP contribution is -2.31. The lowest BCUT2D eigenvalue weighted by Gasteiger charge is -2.26. The van der Waals surface area contributed by atoms with Crippen molar-refractivity contribution < 1.29 is 18.3 Å². The Morgan fingerprint density at radius 1 is 0.941 bits per heavy atom. The van der Waals surface area contributed by atoms with E-state index in [1.165, 1.54) is 29.2 Å². The molecular weight excluding hydrogens is 434 g/mol. The van der Waals surface area contributed by atoms with E-state index in [0.29, 0.717) is 29.3 Å². The van der Waals surface area contributed by atoms with Crippen LogP contribution in [0.1, 0.15) is 62.0 Å². The zero-order valence-corrected chi connectivity index (χ0v) is 19.7. The van der Waals surface area contributed by atoms with Gasteiger partial charge in [-0.1, -0.05) is 51.1 Å². The Morgan fingerprint density at radius 2 is 1.53 bits per heavy atom. The Labute approximate surface area is 198 Å². The van der Waals surface area contributed by atoms with Crippen LogP contribution in [-0.4, -0.2) is 23.8 Å². The number of hydrogen-bond acceptors (Lipinski definition) is 3. The molecule has 0 saturated carbocycles. The molecule has 0 aromatic heterocycles. The van der Waals surface area contributed by atoms with Crippen molar-refractivity contribution in [3.63, 3.8) is 0 Å². The first-order valence-corrected chi connectivity index (χ1v) is 11.3. The zero-order valence-electron chi connectivity index (χ0n) is 19.7. The summed E-state index contributed by atoms with van der Waals surface area (Å²) in [7, 11) is 0. The Hall–Kier alpha value is -3.54. The lowest BCUT2D eigenvalue weighted by molar-refractivity contribution is 0.337. The highest BCUT2D eigenvalue weighted by Crippen LogP contribution is 2.44. The van der Waals surface area contributed by atoms with Crippen LogP contribution < -0.4 is 4.74 Å². The van der Waals surface area contributed by atoms with Crippen LogP contribution in [0.3, 0.4) is 0 Å². The van der Waals surface area contributed by atoms with Crippen LogP contribution >= 0.6 is 0 Å². The molecule has 0 spiro atoms. The van der Waals surface area contributed by atoms with E-state index in [0.717, 1.165) is 11.1 Å². The Balaban J connectivity index is 1.88. The molecule has 6 heteroatoms. The van der Waals surface area contributed by atoms with Crippen molar-refractivity contribution in [3.8, 4) is 5.75 Å². The highest BCUT2D eigenvalue weighted by atomic mass is 19.1. The molecular formula is C28H27F2N2O2. The monoisotopic (exact) mass is 461 g/mol. The second-order valence-corrected chi connectivity index (χ2v) is 9.30. The topological polar surface area (TPSA) is 41.9 Å². The number of carbonyl (C=O) groups excluding carboxylic acids is 1. The number of amidine groups is 1. The molecule has 0 saturated heterocycles. The Morgan fingerprint density at radius 3 is 2.06 bits per heavy atom. The summed E-state index contributed by atoms with van der Waals surface area (Å²) in [5.74, 6) is 0.285. The molecule has 4 rings (SSSR count). The molecule has 0 unspecified atom stereocenters. The van der Waals surface area contributed by atoms with E-state index in [1.54, 1.807) is 24.3 Å². The van der Waals surface area contributed by atoms with E-state index in [9.17, 15) is 13.6 Å². The molecule has 175 valence electrons. The SMILES string of the molecule is CCOc1cc(C(C)(C)C)ccc1C1=N[C@@H](c2ccc(F)cc2)[C@@H](c2ccc(F)cc2)N1[C]=O.